The highest BCUT2D eigenvalue weighted by molar-refractivity contribution is 7.80. The van der Waals surface area contributed by atoms with Gasteiger partial charge in [-0.3, -0.25) is 14.9 Å². The molecule has 0 bridgehead atoms. The van der Waals surface area contributed by atoms with Gasteiger partial charge in [-0.25, -0.2) is 4.98 Å². The maximum Gasteiger partial charge on any atom is 0.269 e. The fourth-order valence-corrected chi connectivity index (χ4v) is 5.44. The molecule has 0 spiro atoms. The molecule has 0 radical (unpaired) electrons. The molecule has 236 valence electrons. The smallest absolute Gasteiger partial charge is 0.269 e. The van der Waals surface area contributed by atoms with E-state index in [0.717, 1.165) is 28.8 Å². The average Bonchev–Trinajstić information content (AvgIpc) is 3.47. The third-order valence-corrected chi connectivity index (χ3v) is 8.96. The van der Waals surface area contributed by atoms with Gasteiger partial charge in [0.1, 0.15) is 0 Å². The van der Waals surface area contributed by atoms with Crippen LogP contribution in [0.5, 0.6) is 0 Å². The van der Waals surface area contributed by atoms with Gasteiger partial charge in [0.25, 0.3) is 5.69 Å². The second-order valence-corrected chi connectivity index (χ2v) is 12.1. The van der Waals surface area contributed by atoms with Gasteiger partial charge >= 0.3 is 0 Å². The Hall–Kier alpha value is -3.99. The SMILES string of the molecule is CCC(C)C(CN(Cc1cccc(Cl)c1Cl)C(=S)NCc1ccccc1)NC(=O)Cc1cncn1Cc1ccc([N+](=O)[O-])cc1. The van der Waals surface area contributed by atoms with E-state index in [1.165, 1.54) is 12.1 Å². The number of aromatic nitrogens is 2. The predicted molar refractivity (Wildman–Crippen MR) is 182 cm³/mol. The van der Waals surface area contributed by atoms with Gasteiger partial charge in [0.15, 0.2) is 5.11 Å². The van der Waals surface area contributed by atoms with Crippen LogP contribution in [0, 0.1) is 16.0 Å². The molecule has 1 heterocycles. The van der Waals surface area contributed by atoms with Gasteiger partial charge < -0.3 is 20.1 Å². The second-order valence-electron chi connectivity index (χ2n) is 10.9. The summed E-state index contributed by atoms with van der Waals surface area (Å²) in [4.78, 5) is 30.3. The van der Waals surface area contributed by atoms with Crippen LogP contribution >= 0.6 is 35.4 Å². The summed E-state index contributed by atoms with van der Waals surface area (Å²) in [7, 11) is 0. The van der Waals surface area contributed by atoms with Crippen LogP contribution in [0.25, 0.3) is 0 Å². The summed E-state index contributed by atoms with van der Waals surface area (Å²) < 4.78 is 1.87. The van der Waals surface area contributed by atoms with Crippen molar-refractivity contribution in [3.8, 4) is 0 Å². The zero-order valence-corrected chi connectivity index (χ0v) is 27.5. The van der Waals surface area contributed by atoms with Crippen molar-refractivity contribution in [2.45, 2.75) is 52.4 Å². The highest BCUT2D eigenvalue weighted by Gasteiger charge is 2.24. The minimum atomic E-state index is -0.429. The monoisotopic (exact) mass is 666 g/mol. The van der Waals surface area contributed by atoms with E-state index in [0.29, 0.717) is 41.3 Å². The van der Waals surface area contributed by atoms with Gasteiger partial charge in [-0.1, -0.05) is 98.1 Å². The Morgan fingerprint density at radius 3 is 2.49 bits per heavy atom. The maximum atomic E-state index is 13.5. The number of nitrogens with zero attached hydrogens (tertiary/aromatic N) is 4. The second kappa shape index (κ2) is 16.4. The van der Waals surface area contributed by atoms with Crippen LogP contribution < -0.4 is 10.6 Å². The van der Waals surface area contributed by atoms with Gasteiger partial charge in [0, 0.05) is 56.2 Å². The lowest BCUT2D eigenvalue weighted by Crippen LogP contribution is -2.51. The first-order chi connectivity index (χ1) is 21.6. The first-order valence-electron chi connectivity index (χ1n) is 14.7. The fourth-order valence-electron chi connectivity index (χ4n) is 4.85. The number of carbonyl (C=O) groups is 1. The molecule has 12 heteroatoms. The number of benzene rings is 3. The Morgan fingerprint density at radius 1 is 1.07 bits per heavy atom. The summed E-state index contributed by atoms with van der Waals surface area (Å²) in [6, 6.07) is 21.6. The van der Waals surface area contributed by atoms with Gasteiger partial charge in [0.05, 0.1) is 27.7 Å². The molecule has 0 saturated carbocycles. The first kappa shape index (κ1) is 33.9. The average molecular weight is 668 g/mol. The minimum Gasteiger partial charge on any atom is -0.358 e. The van der Waals surface area contributed by atoms with Crippen LogP contribution in [0.1, 0.15) is 42.7 Å². The molecule has 0 saturated heterocycles. The number of imidazole rings is 1. The molecule has 1 aromatic heterocycles. The molecule has 2 unspecified atom stereocenters. The summed E-state index contributed by atoms with van der Waals surface area (Å²) in [5.74, 6) is 0.00266. The van der Waals surface area contributed by atoms with E-state index in [9.17, 15) is 14.9 Å². The summed E-state index contributed by atoms with van der Waals surface area (Å²) in [6.07, 6.45) is 4.29. The number of halogens is 2. The van der Waals surface area contributed by atoms with Crippen molar-refractivity contribution in [2.75, 3.05) is 6.54 Å². The molecule has 0 aliphatic rings. The van der Waals surface area contributed by atoms with Crippen molar-refractivity contribution in [3.63, 3.8) is 0 Å². The summed E-state index contributed by atoms with van der Waals surface area (Å²) in [6.45, 7) is 6.04. The molecule has 1 amide bonds. The van der Waals surface area contributed by atoms with E-state index in [-0.39, 0.29) is 30.0 Å². The molecule has 4 rings (SSSR count). The Kier molecular flexibility index (Phi) is 12.3. The maximum absolute atomic E-state index is 13.5. The molecule has 3 aromatic carbocycles. The Morgan fingerprint density at radius 2 is 1.80 bits per heavy atom. The summed E-state index contributed by atoms with van der Waals surface area (Å²) in [5, 5.41) is 19.1. The number of non-ortho nitro benzene ring substituents is 1. The fraction of sp³-hybridized carbons (Fsp3) is 0.303. The minimum absolute atomic E-state index is 0.0292. The Balaban J connectivity index is 1.48. The van der Waals surface area contributed by atoms with Gasteiger partial charge in [-0.15, -0.1) is 0 Å². The standard InChI is InChI=1S/C33H36Cl2N6O3S/c1-3-23(2)30(38-31(42)16-28-18-36-22-40(28)19-25-12-14-27(15-13-25)41(43)44)21-39(20-26-10-7-11-29(34)32(26)35)33(45)37-17-24-8-5-4-6-9-24/h4-15,18,22-23,30H,3,16-17,19-21H2,1-2H3,(H,37,45)(H,38,42). The number of nitrogens with one attached hydrogen (secondary N) is 2. The molecule has 0 aliphatic carbocycles. The third kappa shape index (κ3) is 9.75. The number of carbonyl (C=O) groups excluding carboxylic acids is 1. The van der Waals surface area contributed by atoms with Crippen LogP contribution in [-0.4, -0.2) is 43.0 Å². The predicted octanol–water partition coefficient (Wildman–Crippen LogP) is 6.80. The van der Waals surface area contributed by atoms with Gasteiger partial charge in [-0.05, 0) is 40.9 Å². The molecular formula is C33H36Cl2N6O3S. The van der Waals surface area contributed by atoms with E-state index >= 15 is 0 Å². The van der Waals surface area contributed by atoms with Crippen molar-refractivity contribution < 1.29 is 9.72 Å². The number of rotatable bonds is 14. The number of hydrogen-bond donors (Lipinski definition) is 2. The molecule has 4 aromatic rings. The quantitative estimate of drug-likeness (QED) is 0.0867. The van der Waals surface area contributed by atoms with Crippen LogP contribution in [0.4, 0.5) is 5.69 Å². The molecule has 2 N–H and O–H groups in total. The Bertz CT molecular complexity index is 1600. The first-order valence-corrected chi connectivity index (χ1v) is 15.8. The number of nitro benzene ring substituents is 1. The number of nitro groups is 1. The zero-order valence-electron chi connectivity index (χ0n) is 25.2. The largest absolute Gasteiger partial charge is 0.358 e. The third-order valence-electron chi connectivity index (χ3n) is 7.70. The highest BCUT2D eigenvalue weighted by Crippen LogP contribution is 2.27. The van der Waals surface area contributed by atoms with Gasteiger partial charge in [0.2, 0.25) is 5.91 Å². The van der Waals surface area contributed by atoms with Crippen molar-refractivity contribution in [1.29, 1.82) is 0 Å². The summed E-state index contributed by atoms with van der Waals surface area (Å²) >= 11 is 18.8. The number of hydrogen-bond acceptors (Lipinski definition) is 5. The topological polar surface area (TPSA) is 105 Å². The Labute approximate surface area is 278 Å². The lowest BCUT2D eigenvalue weighted by molar-refractivity contribution is -0.384. The lowest BCUT2D eigenvalue weighted by atomic mass is 9.98. The van der Waals surface area contributed by atoms with Gasteiger partial charge in [-0.2, -0.15) is 0 Å². The summed E-state index contributed by atoms with van der Waals surface area (Å²) in [5.41, 5.74) is 3.55. The van der Waals surface area contributed by atoms with E-state index in [2.05, 4.69) is 29.5 Å². The molecule has 45 heavy (non-hydrogen) atoms. The number of thiocarbonyl (C=S) groups is 1. The molecule has 0 fully saturated rings. The van der Waals surface area contributed by atoms with E-state index in [1.54, 1.807) is 30.7 Å². The van der Waals surface area contributed by atoms with Crippen LogP contribution in [0.2, 0.25) is 10.0 Å². The molecule has 0 aliphatic heterocycles. The van der Waals surface area contributed by atoms with E-state index < -0.39 is 4.92 Å². The molecular weight excluding hydrogens is 631 g/mol. The van der Waals surface area contributed by atoms with E-state index in [4.69, 9.17) is 35.4 Å². The van der Waals surface area contributed by atoms with Crippen molar-refractivity contribution in [2.24, 2.45) is 5.92 Å². The number of amides is 1. The van der Waals surface area contributed by atoms with Crippen molar-refractivity contribution >= 4 is 52.1 Å². The molecule has 2 atom stereocenters. The van der Waals surface area contributed by atoms with Crippen molar-refractivity contribution in [1.82, 2.24) is 25.1 Å². The van der Waals surface area contributed by atoms with Crippen LogP contribution in [-0.2, 0) is 30.8 Å². The van der Waals surface area contributed by atoms with Crippen LogP contribution in [0.15, 0.2) is 85.3 Å². The van der Waals surface area contributed by atoms with Crippen molar-refractivity contribution in [3.05, 3.63) is 128 Å². The zero-order chi connectivity index (χ0) is 32.3. The highest BCUT2D eigenvalue weighted by atomic mass is 35.5. The van der Waals surface area contributed by atoms with Crippen LogP contribution in [0.3, 0.4) is 0 Å². The van der Waals surface area contributed by atoms with E-state index in [1.807, 2.05) is 51.9 Å². The lowest BCUT2D eigenvalue weighted by Gasteiger charge is -2.33. The molecule has 9 nitrogen and oxygen atoms in total. The normalized spacial score (nSPS) is 12.3.